The Hall–Kier alpha value is -1.96. The van der Waals surface area contributed by atoms with Crippen LogP contribution in [0.1, 0.15) is 63.8 Å². The third-order valence-corrected chi connectivity index (χ3v) is 4.55. The molecule has 0 aliphatic carbocycles. The molecule has 2 nitrogen and oxygen atoms in total. The number of benzene rings is 2. The standard InChI is InChI=1S/C22H32N2/c1-21(2,3)19-13-17(23)11-9-15(19)7-8-16-10-12-18(24)14-20(16)22(4,5)6/h9-14H,7-8,23-24H2,1-6H3. The van der Waals surface area contributed by atoms with E-state index in [1.807, 2.05) is 12.1 Å². The van der Waals surface area contributed by atoms with Crippen molar-refractivity contribution >= 4 is 11.4 Å². The van der Waals surface area contributed by atoms with E-state index in [-0.39, 0.29) is 10.8 Å². The molecule has 130 valence electrons. The molecule has 4 N–H and O–H groups in total. The van der Waals surface area contributed by atoms with Gasteiger partial charge >= 0.3 is 0 Å². The molecule has 2 aromatic rings. The van der Waals surface area contributed by atoms with E-state index >= 15 is 0 Å². The Kier molecular flexibility index (Phi) is 4.98. The van der Waals surface area contributed by atoms with E-state index in [2.05, 4.69) is 65.8 Å². The quantitative estimate of drug-likeness (QED) is 0.759. The molecule has 0 fully saturated rings. The van der Waals surface area contributed by atoms with E-state index in [1.54, 1.807) is 0 Å². The molecule has 0 spiro atoms. The Morgan fingerprint density at radius 2 is 0.958 bits per heavy atom. The molecule has 0 aromatic heterocycles. The maximum atomic E-state index is 6.02. The molecule has 2 heteroatoms. The number of nitrogens with two attached hydrogens (primary N) is 2. The van der Waals surface area contributed by atoms with E-state index in [1.165, 1.54) is 22.3 Å². The summed E-state index contributed by atoms with van der Waals surface area (Å²) in [5.74, 6) is 0. The Balaban J connectivity index is 2.33. The summed E-state index contributed by atoms with van der Waals surface area (Å²) in [6, 6.07) is 12.6. The molecule has 0 heterocycles. The van der Waals surface area contributed by atoms with Crippen molar-refractivity contribution < 1.29 is 0 Å². The van der Waals surface area contributed by atoms with Gasteiger partial charge in [0.1, 0.15) is 0 Å². The Labute approximate surface area is 147 Å². The third kappa shape index (κ3) is 4.31. The summed E-state index contributed by atoms with van der Waals surface area (Å²) < 4.78 is 0. The highest BCUT2D eigenvalue weighted by Crippen LogP contribution is 2.31. The lowest BCUT2D eigenvalue weighted by Crippen LogP contribution is -2.17. The van der Waals surface area contributed by atoms with Crippen LogP contribution in [0, 0.1) is 0 Å². The fourth-order valence-corrected chi connectivity index (χ4v) is 3.29. The van der Waals surface area contributed by atoms with Crippen molar-refractivity contribution in [2.45, 2.75) is 65.2 Å². The number of rotatable bonds is 3. The van der Waals surface area contributed by atoms with Gasteiger partial charge in [0.2, 0.25) is 0 Å². The molecule has 0 aliphatic heterocycles. The minimum absolute atomic E-state index is 0.0959. The van der Waals surface area contributed by atoms with E-state index in [4.69, 9.17) is 11.5 Å². The Bertz CT molecular complexity index is 652. The molecule has 2 aromatic carbocycles. The predicted molar refractivity (Wildman–Crippen MR) is 107 cm³/mol. The first kappa shape index (κ1) is 18.4. The fourth-order valence-electron chi connectivity index (χ4n) is 3.29. The molecule has 24 heavy (non-hydrogen) atoms. The molecular formula is C22H32N2. The van der Waals surface area contributed by atoms with Crippen LogP contribution in [-0.4, -0.2) is 0 Å². The smallest absolute Gasteiger partial charge is 0.0317 e. The summed E-state index contributed by atoms with van der Waals surface area (Å²) in [5.41, 5.74) is 19.4. The first-order valence-electron chi connectivity index (χ1n) is 8.76. The van der Waals surface area contributed by atoms with Crippen LogP contribution in [0.15, 0.2) is 36.4 Å². The normalized spacial score (nSPS) is 12.4. The maximum absolute atomic E-state index is 6.02. The first-order chi connectivity index (χ1) is 11.0. The summed E-state index contributed by atoms with van der Waals surface area (Å²) in [6.45, 7) is 13.5. The van der Waals surface area contributed by atoms with Crippen molar-refractivity contribution in [3.63, 3.8) is 0 Å². The second-order valence-electron chi connectivity index (χ2n) is 8.83. The summed E-state index contributed by atoms with van der Waals surface area (Å²) in [5, 5.41) is 0. The predicted octanol–water partition coefficient (Wildman–Crippen LogP) is 5.23. The van der Waals surface area contributed by atoms with Crippen molar-refractivity contribution in [3.8, 4) is 0 Å². The van der Waals surface area contributed by atoms with Crippen LogP contribution in [0.3, 0.4) is 0 Å². The van der Waals surface area contributed by atoms with Crippen LogP contribution in [0.4, 0.5) is 11.4 Å². The van der Waals surface area contributed by atoms with Crippen molar-refractivity contribution in [1.29, 1.82) is 0 Å². The molecule has 0 unspecified atom stereocenters. The average Bonchev–Trinajstić information content (AvgIpc) is 2.45. The van der Waals surface area contributed by atoms with Gasteiger partial charge in [-0.1, -0.05) is 53.7 Å². The highest BCUT2D eigenvalue weighted by atomic mass is 14.5. The lowest BCUT2D eigenvalue weighted by molar-refractivity contribution is 0.575. The van der Waals surface area contributed by atoms with Gasteiger partial charge in [0.15, 0.2) is 0 Å². The van der Waals surface area contributed by atoms with Gasteiger partial charge in [-0.15, -0.1) is 0 Å². The summed E-state index contributed by atoms with van der Waals surface area (Å²) in [4.78, 5) is 0. The van der Waals surface area contributed by atoms with Gasteiger partial charge in [0.05, 0.1) is 0 Å². The van der Waals surface area contributed by atoms with Gasteiger partial charge < -0.3 is 11.5 Å². The van der Waals surface area contributed by atoms with Crippen LogP contribution in [0.25, 0.3) is 0 Å². The highest BCUT2D eigenvalue weighted by Gasteiger charge is 2.20. The summed E-state index contributed by atoms with van der Waals surface area (Å²) in [7, 11) is 0. The van der Waals surface area contributed by atoms with Crippen molar-refractivity contribution in [1.82, 2.24) is 0 Å². The number of nitrogen functional groups attached to an aromatic ring is 2. The van der Waals surface area contributed by atoms with Gasteiger partial charge in [-0.05, 0) is 70.2 Å². The Morgan fingerprint density at radius 1 is 0.625 bits per heavy atom. The zero-order chi connectivity index (χ0) is 18.1. The average molecular weight is 325 g/mol. The number of aryl methyl sites for hydroxylation is 2. The zero-order valence-corrected chi connectivity index (χ0v) is 16.0. The number of hydrogen-bond acceptors (Lipinski definition) is 2. The molecule has 0 atom stereocenters. The van der Waals surface area contributed by atoms with Crippen molar-refractivity contribution in [2.24, 2.45) is 0 Å². The van der Waals surface area contributed by atoms with Crippen LogP contribution in [0.2, 0.25) is 0 Å². The highest BCUT2D eigenvalue weighted by molar-refractivity contribution is 5.49. The SMILES string of the molecule is CC(C)(C)c1cc(N)ccc1CCc1ccc(N)cc1C(C)(C)C. The molecule has 0 radical (unpaired) electrons. The maximum Gasteiger partial charge on any atom is 0.0317 e. The van der Waals surface area contributed by atoms with Gasteiger partial charge in [-0.3, -0.25) is 0 Å². The lowest BCUT2D eigenvalue weighted by atomic mass is 9.80. The second-order valence-corrected chi connectivity index (χ2v) is 8.83. The van der Waals surface area contributed by atoms with Crippen molar-refractivity contribution in [3.05, 3.63) is 58.7 Å². The van der Waals surface area contributed by atoms with E-state index < -0.39 is 0 Å². The summed E-state index contributed by atoms with van der Waals surface area (Å²) in [6.07, 6.45) is 2.03. The first-order valence-corrected chi connectivity index (χ1v) is 8.76. The third-order valence-electron chi connectivity index (χ3n) is 4.55. The van der Waals surface area contributed by atoms with E-state index in [9.17, 15) is 0 Å². The van der Waals surface area contributed by atoms with E-state index in [0.29, 0.717) is 0 Å². The molecule has 0 saturated carbocycles. The van der Waals surface area contributed by atoms with Gasteiger partial charge in [0.25, 0.3) is 0 Å². The largest absolute Gasteiger partial charge is 0.399 e. The molecule has 2 rings (SSSR count). The fraction of sp³-hybridized carbons (Fsp3) is 0.455. The second kappa shape index (κ2) is 6.51. The molecular weight excluding hydrogens is 292 g/mol. The topological polar surface area (TPSA) is 52.0 Å². The molecule has 0 amide bonds. The molecule has 0 saturated heterocycles. The molecule has 0 aliphatic rings. The lowest BCUT2D eigenvalue weighted by Gasteiger charge is -2.25. The van der Waals surface area contributed by atoms with Crippen LogP contribution in [-0.2, 0) is 23.7 Å². The zero-order valence-electron chi connectivity index (χ0n) is 16.0. The molecule has 0 bridgehead atoms. The number of hydrogen-bond donors (Lipinski definition) is 2. The van der Waals surface area contributed by atoms with Crippen LogP contribution < -0.4 is 11.5 Å². The summed E-state index contributed by atoms with van der Waals surface area (Å²) >= 11 is 0. The minimum Gasteiger partial charge on any atom is -0.399 e. The van der Waals surface area contributed by atoms with Gasteiger partial charge in [0, 0.05) is 11.4 Å². The number of anilines is 2. The van der Waals surface area contributed by atoms with Crippen LogP contribution in [0.5, 0.6) is 0 Å². The van der Waals surface area contributed by atoms with Gasteiger partial charge in [-0.2, -0.15) is 0 Å². The minimum atomic E-state index is 0.0959. The van der Waals surface area contributed by atoms with E-state index in [0.717, 1.165) is 24.2 Å². The monoisotopic (exact) mass is 324 g/mol. The van der Waals surface area contributed by atoms with Crippen molar-refractivity contribution in [2.75, 3.05) is 11.5 Å². The van der Waals surface area contributed by atoms with Crippen LogP contribution >= 0.6 is 0 Å². The van der Waals surface area contributed by atoms with Gasteiger partial charge in [-0.25, -0.2) is 0 Å². The Morgan fingerprint density at radius 3 is 1.25 bits per heavy atom.